The smallest absolute Gasteiger partial charge is 0.114 e. The van der Waals surface area contributed by atoms with E-state index in [1.54, 1.807) is 0 Å². The van der Waals surface area contributed by atoms with Crippen LogP contribution in [0.1, 0.15) is 20.3 Å². The van der Waals surface area contributed by atoms with Gasteiger partial charge in [0.05, 0.1) is 6.61 Å². The van der Waals surface area contributed by atoms with Crippen LogP contribution in [0, 0.1) is 0 Å². The summed E-state index contributed by atoms with van der Waals surface area (Å²) in [6.07, 6.45) is 3.62. The van der Waals surface area contributed by atoms with E-state index in [4.69, 9.17) is 4.74 Å². The third-order valence-corrected chi connectivity index (χ3v) is 7.14. The van der Waals surface area contributed by atoms with Crippen molar-refractivity contribution in [3.63, 3.8) is 0 Å². The summed E-state index contributed by atoms with van der Waals surface area (Å²) in [5.41, 5.74) is 0.934. The van der Waals surface area contributed by atoms with E-state index in [-0.39, 0.29) is 10.0 Å². The summed E-state index contributed by atoms with van der Waals surface area (Å²) < 4.78 is 5.48. The number of hydrogen-bond donors (Lipinski definition) is 0. The molecule has 2 atom stereocenters. The molecule has 0 spiro atoms. The van der Waals surface area contributed by atoms with E-state index in [9.17, 15) is 0 Å². The Kier molecular flexibility index (Phi) is 3.71. The van der Waals surface area contributed by atoms with Crippen molar-refractivity contribution in [1.29, 1.82) is 0 Å². The quantitative estimate of drug-likeness (QED) is 0.285. The van der Waals surface area contributed by atoms with Gasteiger partial charge in [-0.05, 0) is 41.9 Å². The summed E-state index contributed by atoms with van der Waals surface area (Å²) in [4.78, 5) is 0. The second-order valence-electron chi connectivity index (χ2n) is 4.44. The lowest BCUT2D eigenvalue weighted by molar-refractivity contribution is 0.223. The van der Waals surface area contributed by atoms with Crippen LogP contribution in [0.15, 0.2) is 24.5 Å². The Morgan fingerprint density at radius 2 is 2.07 bits per heavy atom. The molecule has 1 heterocycles. The molecule has 82 valence electrons. The van der Waals surface area contributed by atoms with Crippen LogP contribution in [0.2, 0.25) is 0 Å². The first kappa shape index (κ1) is 11.7. The molecule has 0 radical (unpaired) electrons. The lowest BCUT2D eigenvalue weighted by Gasteiger charge is -2.15. The predicted molar refractivity (Wildman–Crippen MR) is 67.2 cm³/mol. The summed E-state index contributed by atoms with van der Waals surface area (Å²) in [5, 5.41) is 0.992. The molecule has 0 aliphatic carbocycles. The Morgan fingerprint density at radius 3 is 2.50 bits per heavy atom. The summed E-state index contributed by atoms with van der Waals surface area (Å²) in [5.74, 6) is 3.57. The van der Waals surface area contributed by atoms with Crippen molar-refractivity contribution in [1.82, 2.24) is 0 Å². The largest absolute Gasteiger partial charge is 0.494 e. The van der Waals surface area contributed by atoms with Crippen LogP contribution in [-0.4, -0.2) is 29.6 Å². The predicted octanol–water partition coefficient (Wildman–Crippen LogP) is 3.32. The summed E-state index contributed by atoms with van der Waals surface area (Å²) in [6.45, 7) is 12.7. The number of hydrogen-bond acceptors (Lipinski definition) is 1. The first-order valence-electron chi connectivity index (χ1n) is 5.16. The molecule has 0 aromatic carbocycles. The molecule has 2 unspecified atom stereocenters. The van der Waals surface area contributed by atoms with Gasteiger partial charge in [-0.1, -0.05) is 20.1 Å². The van der Waals surface area contributed by atoms with Gasteiger partial charge in [-0.2, -0.15) is 0 Å². The van der Waals surface area contributed by atoms with E-state index >= 15 is 0 Å². The second-order valence-corrected chi connectivity index (χ2v) is 8.68. The van der Waals surface area contributed by atoms with Gasteiger partial charge in [-0.15, -0.1) is 0 Å². The average Bonchev–Trinajstić information content (AvgIpc) is 2.68. The SMILES string of the molecule is C=C(C)C(=C)OCCCS1(C)CC1C. The van der Waals surface area contributed by atoms with Crippen molar-refractivity contribution in [2.24, 2.45) is 0 Å². The topological polar surface area (TPSA) is 9.23 Å². The van der Waals surface area contributed by atoms with Crippen molar-refractivity contribution < 1.29 is 4.74 Å². The zero-order chi connectivity index (χ0) is 10.8. The minimum atomic E-state index is -0.203. The number of ether oxygens (including phenoxy) is 1. The van der Waals surface area contributed by atoms with Crippen LogP contribution in [-0.2, 0) is 4.74 Å². The highest BCUT2D eigenvalue weighted by Gasteiger charge is 2.40. The maximum Gasteiger partial charge on any atom is 0.114 e. The minimum absolute atomic E-state index is 0.203. The van der Waals surface area contributed by atoms with Gasteiger partial charge in [-0.3, -0.25) is 0 Å². The van der Waals surface area contributed by atoms with Crippen LogP contribution in [0.25, 0.3) is 0 Å². The van der Waals surface area contributed by atoms with Gasteiger partial charge in [0, 0.05) is 0 Å². The lowest BCUT2D eigenvalue weighted by Crippen LogP contribution is -1.99. The van der Waals surface area contributed by atoms with Gasteiger partial charge in [0.15, 0.2) is 0 Å². The van der Waals surface area contributed by atoms with Crippen LogP contribution >= 0.6 is 10.0 Å². The Labute approximate surface area is 89.5 Å². The van der Waals surface area contributed by atoms with Crippen molar-refractivity contribution >= 4 is 10.0 Å². The van der Waals surface area contributed by atoms with Crippen molar-refractivity contribution in [3.05, 3.63) is 24.5 Å². The molecule has 1 aliphatic rings. The molecule has 1 saturated heterocycles. The van der Waals surface area contributed by atoms with Crippen LogP contribution in [0.4, 0.5) is 0 Å². The highest BCUT2D eigenvalue weighted by Crippen LogP contribution is 2.65. The summed E-state index contributed by atoms with van der Waals surface area (Å²) in [6, 6.07) is 0. The summed E-state index contributed by atoms with van der Waals surface area (Å²) >= 11 is 0. The third-order valence-electron chi connectivity index (χ3n) is 2.98. The molecule has 0 aromatic heterocycles. The lowest BCUT2D eigenvalue weighted by atomic mass is 10.3. The molecule has 1 nitrogen and oxygen atoms in total. The molecular formula is C12H22OS. The number of allylic oxidation sites excluding steroid dienone is 1. The highest BCUT2D eigenvalue weighted by atomic mass is 32.3. The van der Waals surface area contributed by atoms with E-state index in [0.717, 1.165) is 23.2 Å². The first-order chi connectivity index (χ1) is 6.46. The first-order valence-corrected chi connectivity index (χ1v) is 7.60. The maximum atomic E-state index is 5.48. The monoisotopic (exact) mass is 214 g/mol. The van der Waals surface area contributed by atoms with E-state index in [0.29, 0.717) is 0 Å². The third kappa shape index (κ3) is 3.09. The molecule has 1 rings (SSSR count). The molecule has 0 amide bonds. The highest BCUT2D eigenvalue weighted by molar-refractivity contribution is 8.39. The minimum Gasteiger partial charge on any atom is -0.494 e. The summed E-state index contributed by atoms with van der Waals surface area (Å²) in [7, 11) is -0.203. The van der Waals surface area contributed by atoms with Gasteiger partial charge in [0.1, 0.15) is 5.76 Å². The van der Waals surface area contributed by atoms with Crippen molar-refractivity contribution in [3.8, 4) is 0 Å². The van der Waals surface area contributed by atoms with Crippen LogP contribution in [0.3, 0.4) is 0 Å². The molecule has 0 bridgehead atoms. The zero-order valence-corrected chi connectivity index (χ0v) is 10.5. The van der Waals surface area contributed by atoms with Crippen molar-refractivity contribution in [2.45, 2.75) is 25.5 Å². The van der Waals surface area contributed by atoms with Crippen LogP contribution < -0.4 is 0 Å². The maximum absolute atomic E-state index is 5.48. The van der Waals surface area contributed by atoms with E-state index in [2.05, 4.69) is 26.3 Å². The van der Waals surface area contributed by atoms with Gasteiger partial charge < -0.3 is 4.74 Å². The molecule has 1 aliphatic heterocycles. The van der Waals surface area contributed by atoms with Crippen molar-refractivity contribution in [2.75, 3.05) is 24.4 Å². The van der Waals surface area contributed by atoms with E-state index in [1.165, 1.54) is 17.9 Å². The fraction of sp³-hybridized carbons (Fsp3) is 0.667. The fourth-order valence-electron chi connectivity index (χ4n) is 1.49. The molecule has 0 aromatic rings. The Hall–Kier alpha value is -0.370. The van der Waals surface area contributed by atoms with Gasteiger partial charge >= 0.3 is 0 Å². The van der Waals surface area contributed by atoms with Gasteiger partial charge in [0.25, 0.3) is 0 Å². The Morgan fingerprint density at radius 1 is 1.50 bits per heavy atom. The Bertz CT molecular complexity index is 247. The Balaban J connectivity index is 2.06. The second kappa shape index (κ2) is 4.43. The molecule has 14 heavy (non-hydrogen) atoms. The number of rotatable bonds is 6. The zero-order valence-electron chi connectivity index (χ0n) is 9.64. The van der Waals surface area contributed by atoms with E-state index in [1.807, 2.05) is 6.92 Å². The standard InChI is InChI=1S/C12H22OS/c1-10(2)12(4)13-7-6-8-14(5)9-11(14)3/h11H,1,4,6-9H2,2-3,5H3. The molecular weight excluding hydrogens is 192 g/mol. The molecule has 2 heteroatoms. The van der Waals surface area contributed by atoms with E-state index < -0.39 is 0 Å². The fourth-order valence-corrected chi connectivity index (χ4v) is 4.53. The molecule has 0 saturated carbocycles. The molecule has 0 N–H and O–H groups in total. The van der Waals surface area contributed by atoms with Gasteiger partial charge in [-0.25, -0.2) is 10.0 Å². The normalized spacial score (nSPS) is 34.4. The molecule has 1 fully saturated rings. The van der Waals surface area contributed by atoms with Crippen LogP contribution in [0.5, 0.6) is 0 Å². The average molecular weight is 214 g/mol. The van der Waals surface area contributed by atoms with Gasteiger partial charge in [0.2, 0.25) is 0 Å².